The van der Waals surface area contributed by atoms with Crippen molar-refractivity contribution < 1.29 is 9.18 Å². The smallest absolute Gasteiger partial charge is 0.233 e. The van der Waals surface area contributed by atoms with Gasteiger partial charge in [-0.2, -0.15) is 5.10 Å². The van der Waals surface area contributed by atoms with Gasteiger partial charge in [0.1, 0.15) is 5.82 Å². The zero-order chi connectivity index (χ0) is 18.4. The van der Waals surface area contributed by atoms with Crippen molar-refractivity contribution in [2.45, 2.75) is 52.0 Å². The zero-order valence-corrected chi connectivity index (χ0v) is 15.6. The fourth-order valence-corrected chi connectivity index (χ4v) is 3.94. The predicted molar refractivity (Wildman–Crippen MR) is 95.8 cm³/mol. The van der Waals surface area contributed by atoms with Gasteiger partial charge in [-0.25, -0.2) is 4.39 Å². The van der Waals surface area contributed by atoms with E-state index in [1.807, 2.05) is 50.4 Å². The largest absolute Gasteiger partial charge is 0.335 e. The third-order valence-electron chi connectivity index (χ3n) is 5.49. The van der Waals surface area contributed by atoms with E-state index in [-0.39, 0.29) is 17.8 Å². The Morgan fingerprint density at radius 2 is 2.04 bits per heavy atom. The van der Waals surface area contributed by atoms with E-state index in [1.54, 1.807) is 6.07 Å². The number of halogens is 1. The van der Waals surface area contributed by atoms with E-state index in [1.165, 1.54) is 12.1 Å². The highest BCUT2D eigenvalue weighted by atomic mass is 19.1. The van der Waals surface area contributed by atoms with Crippen LogP contribution in [0.1, 0.15) is 55.2 Å². The number of carbonyl (C=O) groups is 1. The minimum atomic E-state index is -0.769. The molecule has 1 aromatic heterocycles. The standard InChI is InChI=1S/C20H26FN3O/c1-13-18(14(2)23(5)22-13)17-10-7-11-24(17)19(25)20(3,4)15-8-6-9-16(21)12-15/h6,8-9,12,17H,7,10-11H2,1-5H3. The molecule has 1 aromatic carbocycles. The summed E-state index contributed by atoms with van der Waals surface area (Å²) < 4.78 is 15.5. The first-order chi connectivity index (χ1) is 11.7. The van der Waals surface area contributed by atoms with E-state index in [0.29, 0.717) is 5.56 Å². The number of likely N-dealkylation sites (tertiary alicyclic amines) is 1. The third-order valence-corrected chi connectivity index (χ3v) is 5.49. The Balaban J connectivity index is 1.95. The van der Waals surface area contributed by atoms with E-state index in [4.69, 9.17) is 0 Å². The average Bonchev–Trinajstić information content (AvgIpc) is 3.11. The number of hydrogen-bond donors (Lipinski definition) is 0. The number of hydrogen-bond acceptors (Lipinski definition) is 2. The minimum Gasteiger partial charge on any atom is -0.335 e. The lowest BCUT2D eigenvalue weighted by Crippen LogP contribution is -2.43. The first-order valence-corrected chi connectivity index (χ1v) is 8.80. The Bertz CT molecular complexity index is 809. The number of rotatable bonds is 3. The maximum Gasteiger partial charge on any atom is 0.233 e. The highest BCUT2D eigenvalue weighted by Gasteiger charge is 2.40. The van der Waals surface area contributed by atoms with Crippen LogP contribution < -0.4 is 0 Å². The molecule has 3 rings (SSSR count). The Hall–Kier alpha value is -2.17. The normalized spacial score (nSPS) is 18.0. The summed E-state index contributed by atoms with van der Waals surface area (Å²) in [5.74, 6) is -0.265. The molecule has 25 heavy (non-hydrogen) atoms. The molecule has 2 heterocycles. The van der Waals surface area contributed by atoms with Gasteiger partial charge in [-0.3, -0.25) is 9.48 Å². The van der Waals surface area contributed by atoms with E-state index < -0.39 is 5.41 Å². The van der Waals surface area contributed by atoms with E-state index in [0.717, 1.165) is 36.3 Å². The fraction of sp³-hybridized carbons (Fsp3) is 0.500. The van der Waals surface area contributed by atoms with Crippen LogP contribution in [0.25, 0.3) is 0 Å². The fourth-order valence-electron chi connectivity index (χ4n) is 3.94. The number of aromatic nitrogens is 2. The minimum absolute atomic E-state index is 0.0447. The molecular weight excluding hydrogens is 317 g/mol. The Labute approximate surface area is 148 Å². The summed E-state index contributed by atoms with van der Waals surface area (Å²) >= 11 is 0. The second kappa shape index (κ2) is 6.28. The molecule has 0 bridgehead atoms. The molecule has 1 fully saturated rings. The van der Waals surface area contributed by atoms with Crippen LogP contribution in [0, 0.1) is 19.7 Å². The lowest BCUT2D eigenvalue weighted by molar-refractivity contribution is -0.137. The molecule has 0 N–H and O–H groups in total. The number of benzene rings is 1. The number of carbonyl (C=O) groups excluding carboxylic acids is 1. The topological polar surface area (TPSA) is 38.1 Å². The van der Waals surface area contributed by atoms with Crippen molar-refractivity contribution in [3.05, 3.63) is 52.6 Å². The van der Waals surface area contributed by atoms with Crippen LogP contribution in [0.4, 0.5) is 4.39 Å². The number of aryl methyl sites for hydroxylation is 2. The van der Waals surface area contributed by atoms with Crippen molar-refractivity contribution >= 4 is 5.91 Å². The summed E-state index contributed by atoms with van der Waals surface area (Å²) in [4.78, 5) is 15.3. The second-order valence-corrected chi connectivity index (χ2v) is 7.50. The van der Waals surface area contributed by atoms with Gasteiger partial charge in [0.25, 0.3) is 0 Å². The van der Waals surface area contributed by atoms with Crippen molar-refractivity contribution in [2.24, 2.45) is 7.05 Å². The first-order valence-electron chi connectivity index (χ1n) is 8.80. The summed E-state index contributed by atoms with van der Waals surface area (Å²) in [6.07, 6.45) is 1.92. The zero-order valence-electron chi connectivity index (χ0n) is 15.6. The van der Waals surface area contributed by atoms with E-state index in [9.17, 15) is 9.18 Å². The van der Waals surface area contributed by atoms with Crippen molar-refractivity contribution in [1.82, 2.24) is 14.7 Å². The average molecular weight is 343 g/mol. The van der Waals surface area contributed by atoms with Gasteiger partial charge in [0.05, 0.1) is 17.2 Å². The van der Waals surface area contributed by atoms with Gasteiger partial charge in [0.2, 0.25) is 5.91 Å². The van der Waals surface area contributed by atoms with Gasteiger partial charge < -0.3 is 4.90 Å². The van der Waals surface area contributed by atoms with E-state index >= 15 is 0 Å². The van der Waals surface area contributed by atoms with Crippen LogP contribution in [0.2, 0.25) is 0 Å². The monoisotopic (exact) mass is 343 g/mol. The summed E-state index contributed by atoms with van der Waals surface area (Å²) in [5.41, 5.74) is 3.18. The van der Waals surface area contributed by atoms with E-state index in [2.05, 4.69) is 5.10 Å². The Morgan fingerprint density at radius 3 is 2.64 bits per heavy atom. The van der Waals surface area contributed by atoms with Crippen molar-refractivity contribution in [3.8, 4) is 0 Å². The molecule has 5 heteroatoms. The lowest BCUT2D eigenvalue weighted by Gasteiger charge is -2.34. The summed E-state index contributed by atoms with van der Waals surface area (Å²) in [6, 6.07) is 6.41. The number of nitrogens with zero attached hydrogens (tertiary/aromatic N) is 3. The molecule has 1 unspecified atom stereocenters. The molecule has 1 saturated heterocycles. The van der Waals surface area contributed by atoms with Gasteiger partial charge in [-0.1, -0.05) is 12.1 Å². The van der Waals surface area contributed by atoms with Gasteiger partial charge in [-0.05, 0) is 58.2 Å². The Kier molecular flexibility index (Phi) is 4.43. The predicted octanol–water partition coefficient (Wildman–Crippen LogP) is 3.82. The molecule has 0 aliphatic carbocycles. The molecule has 1 aliphatic rings. The van der Waals surface area contributed by atoms with Crippen LogP contribution in [0.5, 0.6) is 0 Å². The lowest BCUT2D eigenvalue weighted by atomic mass is 9.82. The quantitative estimate of drug-likeness (QED) is 0.850. The van der Waals surface area contributed by atoms with Gasteiger partial charge >= 0.3 is 0 Å². The molecule has 134 valence electrons. The van der Waals surface area contributed by atoms with Crippen molar-refractivity contribution in [2.75, 3.05) is 6.54 Å². The number of amides is 1. The summed E-state index contributed by atoms with van der Waals surface area (Å²) in [5, 5.41) is 4.51. The molecule has 0 spiro atoms. The molecule has 0 saturated carbocycles. The van der Waals surface area contributed by atoms with Gasteiger partial charge in [0, 0.05) is 24.8 Å². The highest BCUT2D eigenvalue weighted by molar-refractivity contribution is 5.88. The van der Waals surface area contributed by atoms with Crippen molar-refractivity contribution in [3.63, 3.8) is 0 Å². The first kappa shape index (κ1) is 17.6. The SMILES string of the molecule is Cc1nn(C)c(C)c1C1CCCN1C(=O)C(C)(C)c1cccc(F)c1. The van der Waals surface area contributed by atoms with Crippen molar-refractivity contribution in [1.29, 1.82) is 0 Å². The molecule has 2 aromatic rings. The van der Waals surface area contributed by atoms with Crippen LogP contribution in [0.3, 0.4) is 0 Å². The second-order valence-electron chi connectivity index (χ2n) is 7.50. The third kappa shape index (κ3) is 2.96. The van der Waals surface area contributed by atoms with Gasteiger partial charge in [0.15, 0.2) is 0 Å². The van der Waals surface area contributed by atoms with Crippen LogP contribution in [-0.4, -0.2) is 27.1 Å². The molecule has 0 radical (unpaired) electrons. The maximum absolute atomic E-state index is 13.7. The molecular formula is C20H26FN3O. The maximum atomic E-state index is 13.7. The Morgan fingerprint density at radius 1 is 1.32 bits per heavy atom. The molecule has 1 aliphatic heterocycles. The molecule has 1 amide bonds. The van der Waals surface area contributed by atoms with Gasteiger partial charge in [-0.15, -0.1) is 0 Å². The highest BCUT2D eigenvalue weighted by Crippen LogP contribution is 2.39. The summed E-state index contributed by atoms with van der Waals surface area (Å²) in [7, 11) is 1.93. The van der Waals surface area contributed by atoms with Crippen LogP contribution in [0.15, 0.2) is 24.3 Å². The molecule has 4 nitrogen and oxygen atoms in total. The molecule has 1 atom stereocenters. The van der Waals surface area contributed by atoms with Crippen LogP contribution >= 0.6 is 0 Å². The van der Waals surface area contributed by atoms with Crippen LogP contribution in [-0.2, 0) is 17.3 Å². The summed E-state index contributed by atoms with van der Waals surface area (Å²) in [6.45, 7) is 8.54.